The number of amides is 1. The number of carbonyl (C=O) groups excluding carboxylic acids is 2. The van der Waals surface area contributed by atoms with Crippen molar-refractivity contribution in [2.24, 2.45) is 5.92 Å². The highest BCUT2D eigenvalue weighted by Gasteiger charge is 2.11. The smallest absolute Gasteiger partial charge is 0.337 e. The zero-order chi connectivity index (χ0) is 18.4. The quantitative estimate of drug-likeness (QED) is 0.767. The molecule has 1 aromatic carbocycles. The van der Waals surface area contributed by atoms with Crippen LogP contribution in [-0.2, 0) is 4.74 Å². The van der Waals surface area contributed by atoms with Crippen molar-refractivity contribution in [1.82, 2.24) is 15.3 Å². The van der Waals surface area contributed by atoms with E-state index in [9.17, 15) is 9.59 Å². The minimum atomic E-state index is -0.469. The van der Waals surface area contributed by atoms with Crippen LogP contribution in [0.3, 0.4) is 0 Å². The first-order valence-electron chi connectivity index (χ1n) is 7.66. The number of anilines is 2. The van der Waals surface area contributed by atoms with Gasteiger partial charge >= 0.3 is 5.97 Å². The van der Waals surface area contributed by atoms with E-state index in [1.807, 2.05) is 13.8 Å². The molecular formula is C17H19ClN4O3. The first-order chi connectivity index (χ1) is 11.9. The van der Waals surface area contributed by atoms with Gasteiger partial charge in [-0.15, -0.1) is 0 Å². The summed E-state index contributed by atoms with van der Waals surface area (Å²) in [6.45, 7) is 4.58. The maximum Gasteiger partial charge on any atom is 0.337 e. The van der Waals surface area contributed by atoms with Gasteiger partial charge in [-0.2, -0.15) is 0 Å². The van der Waals surface area contributed by atoms with Crippen LogP contribution in [0.4, 0.5) is 11.5 Å². The number of ether oxygens (including phenoxy) is 1. The fourth-order valence-corrected chi connectivity index (χ4v) is 2.07. The Hall–Kier alpha value is -2.67. The Bertz CT molecular complexity index is 763. The number of aromatic nitrogens is 2. The number of nitrogens with one attached hydrogen (secondary N) is 2. The molecular weight excluding hydrogens is 344 g/mol. The fraction of sp³-hybridized carbons (Fsp3) is 0.294. The summed E-state index contributed by atoms with van der Waals surface area (Å²) in [7, 11) is 1.30. The summed E-state index contributed by atoms with van der Waals surface area (Å²) in [6.07, 6.45) is 2.79. The molecule has 0 atom stereocenters. The Morgan fingerprint density at radius 3 is 2.60 bits per heavy atom. The lowest BCUT2D eigenvalue weighted by molar-refractivity contribution is 0.0600. The second-order valence-electron chi connectivity index (χ2n) is 5.70. The van der Waals surface area contributed by atoms with Crippen molar-refractivity contribution < 1.29 is 14.3 Å². The lowest BCUT2D eigenvalue weighted by Crippen LogP contribution is -2.28. The second-order valence-corrected chi connectivity index (χ2v) is 6.11. The largest absolute Gasteiger partial charge is 0.465 e. The molecule has 1 amide bonds. The number of methoxy groups -OCH3 is 1. The van der Waals surface area contributed by atoms with Gasteiger partial charge in [0.2, 0.25) is 0 Å². The van der Waals surface area contributed by atoms with E-state index in [1.165, 1.54) is 19.5 Å². The van der Waals surface area contributed by atoms with Crippen molar-refractivity contribution in [1.29, 1.82) is 0 Å². The molecule has 0 saturated carbocycles. The van der Waals surface area contributed by atoms with Crippen LogP contribution in [0.1, 0.15) is 34.7 Å². The van der Waals surface area contributed by atoms with Crippen molar-refractivity contribution >= 4 is 35.0 Å². The minimum Gasteiger partial charge on any atom is -0.465 e. The number of hydrogen-bond donors (Lipinski definition) is 2. The van der Waals surface area contributed by atoms with Crippen LogP contribution in [0.25, 0.3) is 0 Å². The minimum absolute atomic E-state index is 0.223. The number of carbonyl (C=O) groups is 2. The third kappa shape index (κ3) is 5.15. The average Bonchev–Trinajstić information content (AvgIpc) is 2.61. The molecule has 1 heterocycles. The van der Waals surface area contributed by atoms with Crippen LogP contribution in [0.2, 0.25) is 5.02 Å². The summed E-state index contributed by atoms with van der Waals surface area (Å²) in [6, 6.07) is 4.70. The molecule has 7 nitrogen and oxygen atoms in total. The highest BCUT2D eigenvalue weighted by atomic mass is 35.5. The van der Waals surface area contributed by atoms with E-state index >= 15 is 0 Å². The van der Waals surface area contributed by atoms with Gasteiger partial charge in [0.05, 0.1) is 35.8 Å². The molecule has 2 rings (SSSR count). The van der Waals surface area contributed by atoms with Crippen molar-refractivity contribution in [3.8, 4) is 0 Å². The third-order valence-electron chi connectivity index (χ3n) is 3.21. The van der Waals surface area contributed by atoms with E-state index in [1.54, 1.807) is 18.2 Å². The average molecular weight is 363 g/mol. The van der Waals surface area contributed by atoms with E-state index in [4.69, 9.17) is 11.6 Å². The van der Waals surface area contributed by atoms with Gasteiger partial charge in [-0.3, -0.25) is 4.79 Å². The molecule has 8 heteroatoms. The SMILES string of the molecule is COC(=O)c1ccc(Cl)c(Nc2cnc(C(=O)NCC(C)C)cn2)c1. The molecule has 0 radical (unpaired) electrons. The standard InChI is InChI=1S/C17H19ClN4O3/c1-10(2)7-21-16(23)14-8-20-15(9-19-14)22-13-6-11(17(24)25-3)4-5-12(13)18/h4-6,8-10H,7H2,1-3H3,(H,20,22)(H,21,23). The van der Waals surface area contributed by atoms with E-state index in [2.05, 4.69) is 25.3 Å². The number of esters is 1. The van der Waals surface area contributed by atoms with Gasteiger partial charge in [-0.25, -0.2) is 14.8 Å². The number of benzene rings is 1. The predicted molar refractivity (Wildman–Crippen MR) is 95.3 cm³/mol. The van der Waals surface area contributed by atoms with Crippen LogP contribution >= 0.6 is 11.6 Å². The molecule has 2 aromatic rings. The van der Waals surface area contributed by atoms with Crippen molar-refractivity contribution in [2.45, 2.75) is 13.8 Å². The molecule has 0 aliphatic rings. The molecule has 0 unspecified atom stereocenters. The van der Waals surface area contributed by atoms with E-state index < -0.39 is 5.97 Å². The third-order valence-corrected chi connectivity index (χ3v) is 3.54. The summed E-state index contributed by atoms with van der Waals surface area (Å²) >= 11 is 6.12. The lowest BCUT2D eigenvalue weighted by atomic mass is 10.2. The van der Waals surface area contributed by atoms with Crippen LogP contribution in [-0.4, -0.2) is 35.5 Å². The van der Waals surface area contributed by atoms with Gasteiger partial charge in [-0.1, -0.05) is 25.4 Å². The van der Waals surface area contributed by atoms with Gasteiger partial charge in [-0.05, 0) is 24.1 Å². The number of nitrogens with zero attached hydrogens (tertiary/aromatic N) is 2. The Kier molecular flexibility index (Phi) is 6.30. The van der Waals surface area contributed by atoms with Gasteiger partial charge in [0, 0.05) is 6.54 Å². The number of halogens is 1. The van der Waals surface area contributed by atoms with E-state index in [-0.39, 0.29) is 11.6 Å². The second kappa shape index (κ2) is 8.43. The molecule has 1 aromatic heterocycles. The summed E-state index contributed by atoms with van der Waals surface area (Å²) in [5, 5.41) is 6.14. The normalized spacial score (nSPS) is 10.4. The first kappa shape index (κ1) is 18.7. The van der Waals surface area contributed by atoms with Gasteiger partial charge in [0.1, 0.15) is 11.5 Å². The van der Waals surface area contributed by atoms with Crippen molar-refractivity contribution in [3.05, 3.63) is 46.9 Å². The fourth-order valence-electron chi connectivity index (χ4n) is 1.90. The monoisotopic (exact) mass is 362 g/mol. The highest BCUT2D eigenvalue weighted by molar-refractivity contribution is 6.33. The summed E-state index contributed by atoms with van der Waals surface area (Å²) in [5.41, 5.74) is 1.06. The maximum absolute atomic E-state index is 11.9. The Morgan fingerprint density at radius 1 is 1.24 bits per heavy atom. The Labute approximate surface area is 150 Å². The number of rotatable bonds is 6. The molecule has 0 fully saturated rings. The zero-order valence-corrected chi connectivity index (χ0v) is 14.9. The zero-order valence-electron chi connectivity index (χ0n) is 14.2. The van der Waals surface area contributed by atoms with E-state index in [0.717, 1.165) is 0 Å². The molecule has 132 valence electrons. The molecule has 0 spiro atoms. The van der Waals surface area contributed by atoms with Crippen molar-refractivity contribution in [3.63, 3.8) is 0 Å². The predicted octanol–water partition coefficient (Wildman–Crippen LogP) is 3.05. The van der Waals surface area contributed by atoms with Crippen LogP contribution in [0, 0.1) is 5.92 Å². The Morgan fingerprint density at radius 2 is 2.00 bits per heavy atom. The topological polar surface area (TPSA) is 93.2 Å². The van der Waals surface area contributed by atoms with Crippen LogP contribution < -0.4 is 10.6 Å². The van der Waals surface area contributed by atoms with Crippen LogP contribution in [0.5, 0.6) is 0 Å². The van der Waals surface area contributed by atoms with Crippen molar-refractivity contribution in [2.75, 3.05) is 19.0 Å². The molecule has 0 aliphatic carbocycles. The summed E-state index contributed by atoms with van der Waals surface area (Å²) in [4.78, 5) is 31.7. The van der Waals surface area contributed by atoms with Gasteiger partial charge < -0.3 is 15.4 Å². The summed E-state index contributed by atoms with van der Waals surface area (Å²) < 4.78 is 4.68. The Balaban J connectivity index is 2.11. The van der Waals surface area contributed by atoms with Crippen LogP contribution in [0.15, 0.2) is 30.6 Å². The first-order valence-corrected chi connectivity index (χ1v) is 8.03. The molecule has 0 aliphatic heterocycles. The highest BCUT2D eigenvalue weighted by Crippen LogP contribution is 2.26. The molecule has 25 heavy (non-hydrogen) atoms. The number of hydrogen-bond acceptors (Lipinski definition) is 6. The van der Waals surface area contributed by atoms with Gasteiger partial charge in [0.25, 0.3) is 5.91 Å². The molecule has 0 saturated heterocycles. The maximum atomic E-state index is 11.9. The van der Waals surface area contributed by atoms with Gasteiger partial charge in [0.15, 0.2) is 0 Å². The summed E-state index contributed by atoms with van der Waals surface area (Å²) in [5.74, 6) is -0.00662. The molecule has 2 N–H and O–H groups in total. The van der Waals surface area contributed by atoms with E-state index in [0.29, 0.717) is 34.6 Å². The lowest BCUT2D eigenvalue weighted by Gasteiger charge is -2.10. The molecule has 0 bridgehead atoms.